The van der Waals surface area contributed by atoms with Gasteiger partial charge in [0.2, 0.25) is 5.91 Å². The number of halogens is 4. The van der Waals surface area contributed by atoms with E-state index in [0.717, 1.165) is 23.9 Å². The fourth-order valence-corrected chi connectivity index (χ4v) is 5.85. The van der Waals surface area contributed by atoms with Gasteiger partial charge in [0.1, 0.15) is 5.75 Å². The Labute approximate surface area is 226 Å². The van der Waals surface area contributed by atoms with Gasteiger partial charge in [-0.1, -0.05) is 11.6 Å². The molecular weight excluding hydrogens is 543 g/mol. The smallest absolute Gasteiger partial charge is 0.416 e. The van der Waals surface area contributed by atoms with Crippen LogP contribution in [0.4, 0.5) is 13.2 Å². The van der Waals surface area contributed by atoms with Crippen molar-refractivity contribution in [2.45, 2.75) is 30.0 Å². The van der Waals surface area contributed by atoms with Crippen molar-refractivity contribution in [2.75, 3.05) is 32.5 Å². The molecule has 0 spiro atoms. The summed E-state index contributed by atoms with van der Waals surface area (Å²) in [7, 11) is 1.42. The molecule has 4 rings (SSSR count). The zero-order chi connectivity index (χ0) is 27.6. The Morgan fingerprint density at radius 3 is 2.61 bits per heavy atom. The molecule has 0 aliphatic carbocycles. The first-order valence-corrected chi connectivity index (χ1v) is 13.3. The summed E-state index contributed by atoms with van der Waals surface area (Å²) in [6, 6.07) is 7.83. The normalized spacial score (nSPS) is 16.1. The molecule has 0 saturated carbocycles. The second kappa shape index (κ2) is 11.6. The van der Waals surface area contributed by atoms with Gasteiger partial charge in [-0.05, 0) is 62.3 Å². The van der Waals surface area contributed by atoms with Gasteiger partial charge in [0.05, 0.1) is 23.7 Å². The fourth-order valence-electron chi connectivity index (χ4n) is 4.66. The van der Waals surface area contributed by atoms with E-state index in [9.17, 15) is 27.9 Å². The standard InChI is InChI=1S/C26H27ClF3N3O4S/c1-37-21-5-3-16(27)11-19(21)22-18-10-15(26(28,29)30)2-4-20(18)32-25(36)23(22)38-13-17(34)12-33-8-6-14(7-9-33)24(31)35/h2-5,10-11,14,17,34H,6-9,12-13H2,1H3,(H2,31,35)(H,32,36). The highest BCUT2D eigenvalue weighted by Gasteiger charge is 2.32. The molecule has 1 aliphatic rings. The van der Waals surface area contributed by atoms with Crippen LogP contribution in [0.2, 0.25) is 5.02 Å². The molecule has 1 amide bonds. The first-order chi connectivity index (χ1) is 18.0. The number of pyridine rings is 1. The quantitative estimate of drug-likeness (QED) is 0.344. The molecule has 1 aromatic heterocycles. The van der Waals surface area contributed by atoms with Crippen LogP contribution >= 0.6 is 23.4 Å². The number of rotatable bonds is 8. The lowest BCUT2D eigenvalue weighted by Gasteiger charge is -2.31. The number of hydrogen-bond acceptors (Lipinski definition) is 6. The number of nitrogens with zero attached hydrogens (tertiary/aromatic N) is 1. The summed E-state index contributed by atoms with van der Waals surface area (Å²) < 4.78 is 46.3. The van der Waals surface area contributed by atoms with E-state index in [4.69, 9.17) is 22.1 Å². The van der Waals surface area contributed by atoms with E-state index in [1.165, 1.54) is 19.2 Å². The number of aromatic nitrogens is 1. The molecule has 2 heterocycles. The van der Waals surface area contributed by atoms with Crippen LogP contribution in [0, 0.1) is 5.92 Å². The number of aromatic amines is 1. The third-order valence-electron chi connectivity index (χ3n) is 6.61. The van der Waals surface area contributed by atoms with Gasteiger partial charge < -0.3 is 25.5 Å². The summed E-state index contributed by atoms with van der Waals surface area (Å²) in [6.45, 7) is 1.53. The first-order valence-electron chi connectivity index (χ1n) is 11.9. The summed E-state index contributed by atoms with van der Waals surface area (Å²) in [4.78, 5) is 29.4. The van der Waals surface area contributed by atoms with Crippen LogP contribution in [0.3, 0.4) is 0 Å². The van der Waals surface area contributed by atoms with Gasteiger partial charge in [-0.2, -0.15) is 13.2 Å². The Kier molecular flexibility index (Phi) is 8.61. The van der Waals surface area contributed by atoms with Crippen molar-refractivity contribution in [3.8, 4) is 16.9 Å². The number of fused-ring (bicyclic) bond motifs is 1. The number of primary amides is 1. The van der Waals surface area contributed by atoms with Crippen LogP contribution in [0.15, 0.2) is 46.1 Å². The maximum absolute atomic E-state index is 13.6. The number of aliphatic hydroxyl groups excluding tert-OH is 1. The van der Waals surface area contributed by atoms with Crippen LogP contribution < -0.4 is 16.0 Å². The van der Waals surface area contributed by atoms with Crippen LogP contribution in [0.5, 0.6) is 5.75 Å². The number of H-pyrrole nitrogens is 1. The molecule has 4 N–H and O–H groups in total. The van der Waals surface area contributed by atoms with Crippen molar-refractivity contribution >= 4 is 40.2 Å². The number of ether oxygens (including phenoxy) is 1. The van der Waals surface area contributed by atoms with E-state index >= 15 is 0 Å². The van der Waals surface area contributed by atoms with Crippen molar-refractivity contribution in [2.24, 2.45) is 11.7 Å². The van der Waals surface area contributed by atoms with Gasteiger partial charge in [-0.3, -0.25) is 9.59 Å². The van der Waals surface area contributed by atoms with E-state index in [2.05, 4.69) is 4.98 Å². The number of benzene rings is 2. The van der Waals surface area contributed by atoms with Crippen LogP contribution in [0.1, 0.15) is 18.4 Å². The van der Waals surface area contributed by atoms with Crippen molar-refractivity contribution in [1.29, 1.82) is 0 Å². The largest absolute Gasteiger partial charge is 0.496 e. The molecule has 0 radical (unpaired) electrons. The zero-order valence-electron chi connectivity index (χ0n) is 20.5. The van der Waals surface area contributed by atoms with Gasteiger partial charge in [0.15, 0.2) is 0 Å². The number of carbonyl (C=O) groups is 1. The second-order valence-corrected chi connectivity index (χ2v) is 10.7. The molecule has 1 aliphatic heterocycles. The van der Waals surface area contributed by atoms with E-state index < -0.39 is 23.4 Å². The van der Waals surface area contributed by atoms with Gasteiger partial charge in [0, 0.05) is 45.3 Å². The molecule has 7 nitrogen and oxygen atoms in total. The molecule has 1 saturated heterocycles. The van der Waals surface area contributed by atoms with Crippen molar-refractivity contribution in [1.82, 2.24) is 9.88 Å². The highest BCUT2D eigenvalue weighted by Crippen LogP contribution is 2.42. The summed E-state index contributed by atoms with van der Waals surface area (Å²) in [5, 5.41) is 11.2. The van der Waals surface area contributed by atoms with Crippen LogP contribution in [-0.2, 0) is 11.0 Å². The minimum atomic E-state index is -4.59. The van der Waals surface area contributed by atoms with Crippen LogP contribution in [-0.4, -0.2) is 59.5 Å². The molecule has 2 aromatic carbocycles. The predicted molar refractivity (Wildman–Crippen MR) is 142 cm³/mol. The molecular formula is C26H27ClF3N3O4S. The van der Waals surface area contributed by atoms with E-state index in [0.29, 0.717) is 48.8 Å². The lowest BCUT2D eigenvalue weighted by molar-refractivity contribution is -0.137. The Hall–Kier alpha value is -2.73. The molecule has 1 unspecified atom stereocenters. The van der Waals surface area contributed by atoms with Crippen molar-refractivity contribution in [3.05, 3.63) is 57.3 Å². The average Bonchev–Trinajstić information content (AvgIpc) is 2.86. The second-order valence-electron chi connectivity index (χ2n) is 9.20. The van der Waals surface area contributed by atoms with E-state index in [1.807, 2.05) is 4.90 Å². The minimum absolute atomic E-state index is 0.110. The maximum Gasteiger partial charge on any atom is 0.416 e. The number of amides is 1. The Morgan fingerprint density at radius 2 is 1.97 bits per heavy atom. The molecule has 1 fully saturated rings. The molecule has 0 bridgehead atoms. The zero-order valence-corrected chi connectivity index (χ0v) is 22.1. The third-order valence-corrected chi connectivity index (χ3v) is 8.07. The Bertz CT molecular complexity index is 1390. The molecule has 1 atom stereocenters. The fraction of sp³-hybridized carbons (Fsp3) is 0.385. The highest BCUT2D eigenvalue weighted by atomic mass is 35.5. The minimum Gasteiger partial charge on any atom is -0.496 e. The van der Waals surface area contributed by atoms with Gasteiger partial charge in [0.25, 0.3) is 5.56 Å². The summed E-state index contributed by atoms with van der Waals surface area (Å²) in [5.41, 5.74) is 4.84. The van der Waals surface area contributed by atoms with E-state index in [1.54, 1.807) is 12.1 Å². The molecule has 12 heteroatoms. The lowest BCUT2D eigenvalue weighted by Crippen LogP contribution is -2.42. The summed E-state index contributed by atoms with van der Waals surface area (Å²) >= 11 is 7.28. The van der Waals surface area contributed by atoms with Gasteiger partial charge >= 0.3 is 6.18 Å². The topological polar surface area (TPSA) is 109 Å². The van der Waals surface area contributed by atoms with Crippen molar-refractivity contribution < 1.29 is 27.8 Å². The maximum atomic E-state index is 13.6. The predicted octanol–water partition coefficient (Wildman–Crippen LogP) is 4.53. The monoisotopic (exact) mass is 569 g/mol. The number of methoxy groups -OCH3 is 1. The number of β-amino-alcohol motifs (C(OH)–C–C–N with tert-alkyl or cyclic N) is 1. The summed E-state index contributed by atoms with van der Waals surface area (Å²) in [5.74, 6) is -0.0581. The lowest BCUT2D eigenvalue weighted by atomic mass is 9.96. The Balaban J connectivity index is 1.70. The Morgan fingerprint density at radius 1 is 1.26 bits per heavy atom. The number of aliphatic hydroxyl groups is 1. The number of piperidine rings is 1. The number of thioether (sulfide) groups is 1. The summed E-state index contributed by atoms with van der Waals surface area (Å²) in [6.07, 6.45) is -4.21. The average molecular weight is 570 g/mol. The number of nitrogens with one attached hydrogen (secondary N) is 1. The SMILES string of the molecule is COc1ccc(Cl)cc1-c1c(SCC(O)CN2CCC(C(N)=O)CC2)c(=O)[nH]c2ccc(C(F)(F)F)cc12. The van der Waals surface area contributed by atoms with Crippen molar-refractivity contribution in [3.63, 3.8) is 0 Å². The number of likely N-dealkylation sites (tertiary alicyclic amines) is 1. The number of nitrogens with two attached hydrogens (primary N) is 1. The molecule has 38 heavy (non-hydrogen) atoms. The number of carbonyl (C=O) groups excluding carboxylic acids is 1. The number of alkyl halides is 3. The van der Waals surface area contributed by atoms with Gasteiger partial charge in [-0.25, -0.2) is 0 Å². The first kappa shape index (κ1) is 28.3. The third kappa shape index (κ3) is 6.28. The highest BCUT2D eigenvalue weighted by molar-refractivity contribution is 7.99. The van der Waals surface area contributed by atoms with E-state index in [-0.39, 0.29) is 38.9 Å². The van der Waals surface area contributed by atoms with Gasteiger partial charge in [-0.15, -0.1) is 11.8 Å². The number of hydrogen-bond donors (Lipinski definition) is 3. The molecule has 3 aromatic rings. The molecule has 204 valence electrons. The van der Waals surface area contributed by atoms with Crippen LogP contribution in [0.25, 0.3) is 22.0 Å².